The van der Waals surface area contributed by atoms with Crippen molar-refractivity contribution in [2.45, 2.75) is 18.6 Å². The molecule has 5 rings (SSSR count). The van der Waals surface area contributed by atoms with Gasteiger partial charge in [0.25, 0.3) is 0 Å². The molecule has 0 unspecified atom stereocenters. The minimum Gasteiger partial charge on any atom is -0.449 e. The molecule has 152 valence electrons. The van der Waals surface area contributed by atoms with Gasteiger partial charge in [0.15, 0.2) is 5.75 Å². The number of hydrogen-bond donors (Lipinski definition) is 2. The van der Waals surface area contributed by atoms with E-state index in [2.05, 4.69) is 10.1 Å². The van der Waals surface area contributed by atoms with Gasteiger partial charge in [-0.05, 0) is 17.2 Å². The summed E-state index contributed by atoms with van der Waals surface area (Å²) < 4.78 is 34.9. The van der Waals surface area contributed by atoms with Crippen LogP contribution >= 0.6 is 11.6 Å². The number of carboxylic acid groups (broad SMARTS) is 1. The summed E-state index contributed by atoms with van der Waals surface area (Å²) in [6, 6.07) is 0.414. The Balaban J connectivity index is 1.70. The second-order valence-electron chi connectivity index (χ2n) is 7.50. The van der Waals surface area contributed by atoms with E-state index >= 15 is 4.39 Å². The Morgan fingerprint density at radius 3 is 2.55 bits per heavy atom. The number of nitrogens with one attached hydrogen (secondary N) is 1. The lowest BCUT2D eigenvalue weighted by Gasteiger charge is -2.24. The van der Waals surface area contributed by atoms with E-state index in [1.54, 1.807) is 4.90 Å². The molecule has 2 aliphatic heterocycles. The van der Waals surface area contributed by atoms with Gasteiger partial charge < -0.3 is 24.6 Å². The van der Waals surface area contributed by atoms with Crippen molar-refractivity contribution in [1.82, 2.24) is 9.88 Å². The summed E-state index contributed by atoms with van der Waals surface area (Å²) in [5.41, 5.74) is 1.91. The van der Waals surface area contributed by atoms with Crippen LogP contribution in [0.2, 0.25) is 5.02 Å². The first-order chi connectivity index (χ1) is 13.8. The molecule has 2 aromatic rings. The fourth-order valence-electron chi connectivity index (χ4n) is 4.19. The maximum Gasteiger partial charge on any atom is 0.511 e. The van der Waals surface area contributed by atoms with Gasteiger partial charge >= 0.3 is 6.16 Å². The standard InChI is InChI=1S/C19H16ClF2N3O4/c20-15-16-10(1-12(22)17(15)24-5-8-3-23-4-9(8)6-24)18(26)14(29-19(27)28)7-25(16)13-2-11(13)21/h1,7,11,13,23H,2-6H2,(H,27,28)/t11-,13+/m0/s1. The number of aromatic nitrogens is 1. The Hall–Kier alpha value is -2.65. The quantitative estimate of drug-likeness (QED) is 0.583. The average molecular weight is 424 g/mol. The van der Waals surface area contributed by atoms with Crippen LogP contribution < -0.4 is 20.4 Å². The zero-order valence-corrected chi connectivity index (χ0v) is 15.8. The van der Waals surface area contributed by atoms with Crippen LogP contribution in [0.1, 0.15) is 12.5 Å². The summed E-state index contributed by atoms with van der Waals surface area (Å²) in [7, 11) is 0. The van der Waals surface area contributed by atoms with E-state index in [-0.39, 0.29) is 28.0 Å². The van der Waals surface area contributed by atoms with Gasteiger partial charge in [0.2, 0.25) is 5.43 Å². The first-order valence-electron chi connectivity index (χ1n) is 9.12. The van der Waals surface area contributed by atoms with Crippen molar-refractivity contribution in [2.75, 3.05) is 31.1 Å². The van der Waals surface area contributed by atoms with Crippen LogP contribution in [0.5, 0.6) is 5.75 Å². The molecule has 0 spiro atoms. The molecule has 1 aliphatic carbocycles. The van der Waals surface area contributed by atoms with E-state index in [9.17, 15) is 14.0 Å². The summed E-state index contributed by atoms with van der Waals surface area (Å²) in [6.45, 7) is 2.52. The molecule has 7 nitrogen and oxygen atoms in total. The number of ether oxygens (including phenoxy) is 1. The lowest BCUT2D eigenvalue weighted by molar-refractivity contribution is 0.143. The number of pyridine rings is 1. The minimum absolute atomic E-state index is 0.00667. The molecular formula is C19H16ClF2N3O4. The fraction of sp³-hybridized carbons (Fsp3) is 0.368. The van der Waals surface area contributed by atoms with Gasteiger partial charge in [0.1, 0.15) is 12.0 Å². The molecule has 1 fully saturated rings. The Morgan fingerprint density at radius 1 is 1.31 bits per heavy atom. The molecule has 0 bridgehead atoms. The van der Waals surface area contributed by atoms with E-state index in [1.807, 2.05) is 0 Å². The first-order valence-corrected chi connectivity index (χ1v) is 9.50. The summed E-state index contributed by atoms with van der Waals surface area (Å²) in [6.07, 6.45) is -1.51. The zero-order chi connectivity index (χ0) is 20.4. The smallest absolute Gasteiger partial charge is 0.449 e. The maximum atomic E-state index is 15.1. The number of alkyl halides is 1. The zero-order valence-electron chi connectivity index (χ0n) is 15.0. The molecule has 1 aromatic heterocycles. The predicted octanol–water partition coefficient (Wildman–Crippen LogP) is 2.85. The lowest BCUT2D eigenvalue weighted by Crippen LogP contribution is -2.28. The minimum atomic E-state index is -1.69. The van der Waals surface area contributed by atoms with Gasteiger partial charge in [-0.15, -0.1) is 0 Å². The van der Waals surface area contributed by atoms with Gasteiger partial charge in [0, 0.05) is 32.6 Å². The summed E-state index contributed by atoms with van der Waals surface area (Å²) in [4.78, 5) is 25.4. The third kappa shape index (κ3) is 2.87. The van der Waals surface area contributed by atoms with E-state index in [0.29, 0.717) is 13.1 Å². The monoisotopic (exact) mass is 423 g/mol. The van der Waals surface area contributed by atoms with Crippen LogP contribution in [0.15, 0.2) is 28.2 Å². The Labute approximate surface area is 168 Å². The van der Waals surface area contributed by atoms with Crippen LogP contribution in [-0.4, -0.2) is 48.2 Å². The Kier molecular flexibility index (Phi) is 4.08. The fourth-order valence-corrected chi connectivity index (χ4v) is 4.60. The highest BCUT2D eigenvalue weighted by molar-refractivity contribution is 6.38. The number of halogens is 3. The molecule has 3 heterocycles. The Bertz CT molecular complexity index is 1150. The number of rotatable bonds is 3. The van der Waals surface area contributed by atoms with Crippen LogP contribution in [0.4, 0.5) is 19.3 Å². The average Bonchev–Trinajstić information content (AvgIpc) is 3.02. The largest absolute Gasteiger partial charge is 0.511 e. The van der Waals surface area contributed by atoms with E-state index in [0.717, 1.165) is 25.4 Å². The molecule has 29 heavy (non-hydrogen) atoms. The summed E-state index contributed by atoms with van der Waals surface area (Å²) >= 11 is 6.58. The molecule has 0 radical (unpaired) electrons. The second kappa shape index (κ2) is 6.43. The van der Waals surface area contributed by atoms with Crippen molar-refractivity contribution in [2.24, 2.45) is 0 Å². The van der Waals surface area contributed by atoms with Gasteiger partial charge in [-0.2, -0.15) is 0 Å². The molecule has 10 heteroatoms. The van der Waals surface area contributed by atoms with Crippen LogP contribution in [0.3, 0.4) is 0 Å². The lowest BCUT2D eigenvalue weighted by atomic mass is 10.1. The third-order valence-corrected chi connectivity index (χ3v) is 6.00. The van der Waals surface area contributed by atoms with E-state index in [4.69, 9.17) is 16.7 Å². The van der Waals surface area contributed by atoms with Crippen molar-refractivity contribution < 1.29 is 23.4 Å². The number of benzene rings is 1. The topological polar surface area (TPSA) is 83.8 Å². The molecule has 2 N–H and O–H groups in total. The van der Waals surface area contributed by atoms with Crippen molar-refractivity contribution >= 4 is 34.3 Å². The van der Waals surface area contributed by atoms with E-state index in [1.165, 1.54) is 15.7 Å². The van der Waals surface area contributed by atoms with Crippen molar-refractivity contribution in [3.8, 4) is 5.75 Å². The molecule has 3 aliphatic rings. The van der Waals surface area contributed by atoms with Gasteiger partial charge in [-0.3, -0.25) is 4.79 Å². The second-order valence-corrected chi connectivity index (χ2v) is 7.88. The van der Waals surface area contributed by atoms with E-state index < -0.39 is 35.4 Å². The molecule has 1 saturated carbocycles. The highest BCUT2D eigenvalue weighted by atomic mass is 35.5. The number of anilines is 1. The number of nitrogens with zero attached hydrogens (tertiary/aromatic N) is 2. The van der Waals surface area contributed by atoms with Crippen LogP contribution in [0, 0.1) is 5.82 Å². The number of carbonyl (C=O) groups is 1. The molecule has 0 amide bonds. The van der Waals surface area contributed by atoms with Crippen molar-refractivity contribution in [1.29, 1.82) is 0 Å². The van der Waals surface area contributed by atoms with Gasteiger partial charge in [-0.25, -0.2) is 13.6 Å². The molecule has 1 aromatic carbocycles. The van der Waals surface area contributed by atoms with Gasteiger partial charge in [-0.1, -0.05) is 11.6 Å². The SMILES string of the molecule is O=C(O)Oc1cn([C@@H]2C[C@@H]2F)c2c(Cl)c(N3CC4=C(CNC4)C3)c(F)cc2c1=O. The van der Waals surface area contributed by atoms with Crippen LogP contribution in [-0.2, 0) is 0 Å². The molecular weight excluding hydrogens is 408 g/mol. The highest BCUT2D eigenvalue weighted by Crippen LogP contribution is 2.45. The summed E-state index contributed by atoms with van der Waals surface area (Å²) in [5.74, 6) is -1.21. The number of hydrogen-bond acceptors (Lipinski definition) is 5. The first kappa shape index (κ1) is 18.4. The summed E-state index contributed by atoms with van der Waals surface area (Å²) in [5, 5.41) is 12.0. The van der Waals surface area contributed by atoms with Gasteiger partial charge in [0.05, 0.1) is 33.9 Å². The Morgan fingerprint density at radius 2 is 1.97 bits per heavy atom. The van der Waals surface area contributed by atoms with Crippen LogP contribution in [0.25, 0.3) is 10.9 Å². The van der Waals surface area contributed by atoms with Crippen molar-refractivity contribution in [3.05, 3.63) is 44.5 Å². The maximum absolute atomic E-state index is 15.1. The van der Waals surface area contributed by atoms with Crippen molar-refractivity contribution in [3.63, 3.8) is 0 Å². The number of fused-ring (bicyclic) bond motifs is 1. The normalized spacial score (nSPS) is 23.1. The third-order valence-electron chi connectivity index (χ3n) is 5.64. The molecule has 0 saturated heterocycles. The molecule has 2 atom stereocenters. The highest BCUT2D eigenvalue weighted by Gasteiger charge is 2.41. The predicted molar refractivity (Wildman–Crippen MR) is 102 cm³/mol.